The van der Waals surface area contributed by atoms with E-state index in [1.54, 1.807) is 23.1 Å². The molecule has 5 rings (SSSR count). The van der Waals surface area contributed by atoms with Crippen molar-refractivity contribution in [3.05, 3.63) is 48.9 Å². The molecule has 28 heavy (non-hydrogen) atoms. The lowest BCUT2D eigenvalue weighted by molar-refractivity contribution is -0.182. The summed E-state index contributed by atoms with van der Waals surface area (Å²) >= 11 is 0. The van der Waals surface area contributed by atoms with Crippen LogP contribution in [-0.2, 0) is 0 Å². The molecule has 1 aliphatic carbocycles. The van der Waals surface area contributed by atoms with E-state index in [9.17, 15) is 13.2 Å². The second-order valence-corrected chi connectivity index (χ2v) is 7.01. The Labute approximate surface area is 157 Å². The van der Waals surface area contributed by atoms with Crippen LogP contribution in [0, 0.1) is 5.41 Å². The molecule has 1 aliphatic rings. The number of fused-ring (bicyclic) bond motifs is 2. The van der Waals surface area contributed by atoms with Crippen LogP contribution in [0.4, 0.5) is 19.1 Å². The second kappa shape index (κ2) is 5.88. The average molecular weight is 384 g/mol. The SMILES string of the molecule is FC(F)(F)C1(CNc2ncc3c(-c4ccc5ncccc5n4)ccn3n2)CC1. The summed E-state index contributed by atoms with van der Waals surface area (Å²) in [5.41, 5.74) is 2.25. The van der Waals surface area contributed by atoms with Crippen LogP contribution in [0.3, 0.4) is 0 Å². The Kier molecular flexibility index (Phi) is 3.55. The predicted octanol–water partition coefficient (Wildman–Crippen LogP) is 4.09. The van der Waals surface area contributed by atoms with Crippen molar-refractivity contribution in [1.29, 1.82) is 0 Å². The Bertz CT molecular complexity index is 1180. The lowest BCUT2D eigenvalue weighted by Gasteiger charge is -2.19. The molecule has 0 radical (unpaired) electrons. The highest BCUT2D eigenvalue weighted by Gasteiger charge is 2.62. The van der Waals surface area contributed by atoms with Crippen molar-refractivity contribution in [2.45, 2.75) is 19.0 Å². The number of nitrogens with one attached hydrogen (secondary N) is 1. The zero-order chi connectivity index (χ0) is 19.4. The van der Waals surface area contributed by atoms with Crippen LogP contribution in [0.15, 0.2) is 48.9 Å². The van der Waals surface area contributed by atoms with Crippen molar-refractivity contribution in [1.82, 2.24) is 24.6 Å². The first-order valence-corrected chi connectivity index (χ1v) is 8.82. The standard InChI is InChI=1S/C19H15F3N6/c20-19(21,22)18(6-7-18)11-25-17-24-10-16-12(5-9-28(16)27-17)13-3-4-14-15(26-13)2-1-8-23-14/h1-5,8-10H,6-7,11H2,(H,25,27). The fourth-order valence-electron chi connectivity index (χ4n) is 3.26. The molecule has 4 heterocycles. The summed E-state index contributed by atoms with van der Waals surface area (Å²) in [4.78, 5) is 13.1. The van der Waals surface area contributed by atoms with E-state index >= 15 is 0 Å². The van der Waals surface area contributed by atoms with Crippen LogP contribution in [-0.4, -0.2) is 37.3 Å². The Balaban J connectivity index is 1.43. The molecule has 9 heteroatoms. The molecule has 0 atom stereocenters. The van der Waals surface area contributed by atoms with Gasteiger partial charge >= 0.3 is 6.18 Å². The quantitative estimate of drug-likeness (QED) is 0.574. The van der Waals surface area contributed by atoms with Crippen LogP contribution in [0.5, 0.6) is 0 Å². The summed E-state index contributed by atoms with van der Waals surface area (Å²) in [5, 5.41) is 7.02. The van der Waals surface area contributed by atoms with Crippen LogP contribution in [0.2, 0.25) is 0 Å². The van der Waals surface area contributed by atoms with Gasteiger partial charge in [-0.25, -0.2) is 14.5 Å². The number of aromatic nitrogens is 5. The highest BCUT2D eigenvalue weighted by Crippen LogP contribution is 2.57. The van der Waals surface area contributed by atoms with E-state index in [0.29, 0.717) is 0 Å². The highest BCUT2D eigenvalue weighted by atomic mass is 19.4. The molecule has 142 valence electrons. The highest BCUT2D eigenvalue weighted by molar-refractivity contribution is 5.83. The molecule has 6 nitrogen and oxygen atoms in total. The smallest absolute Gasteiger partial charge is 0.352 e. The minimum Gasteiger partial charge on any atom is -0.352 e. The van der Waals surface area contributed by atoms with Crippen LogP contribution in [0.25, 0.3) is 27.8 Å². The topological polar surface area (TPSA) is 68.0 Å². The first-order valence-electron chi connectivity index (χ1n) is 8.82. The zero-order valence-electron chi connectivity index (χ0n) is 14.6. The van der Waals surface area contributed by atoms with Gasteiger partial charge in [0, 0.05) is 24.5 Å². The van der Waals surface area contributed by atoms with E-state index in [2.05, 4.69) is 25.4 Å². The molecule has 0 saturated heterocycles. The van der Waals surface area contributed by atoms with E-state index in [0.717, 1.165) is 27.8 Å². The molecule has 4 aromatic heterocycles. The Morgan fingerprint density at radius 3 is 2.71 bits per heavy atom. The molecule has 0 bridgehead atoms. The average Bonchev–Trinajstić information content (AvgIpc) is 3.39. The van der Waals surface area contributed by atoms with Gasteiger partial charge in [0.05, 0.1) is 33.9 Å². The van der Waals surface area contributed by atoms with Gasteiger partial charge in [-0.1, -0.05) is 0 Å². The predicted molar refractivity (Wildman–Crippen MR) is 97.7 cm³/mol. The van der Waals surface area contributed by atoms with Crippen LogP contribution < -0.4 is 5.32 Å². The van der Waals surface area contributed by atoms with E-state index < -0.39 is 11.6 Å². The first-order chi connectivity index (χ1) is 13.5. The molecular weight excluding hydrogens is 369 g/mol. The largest absolute Gasteiger partial charge is 0.396 e. The molecule has 4 aromatic rings. The Morgan fingerprint density at radius 2 is 1.93 bits per heavy atom. The van der Waals surface area contributed by atoms with Gasteiger partial charge in [0.15, 0.2) is 0 Å². The van der Waals surface area contributed by atoms with Crippen molar-refractivity contribution in [3.63, 3.8) is 0 Å². The molecule has 0 amide bonds. The molecule has 0 unspecified atom stereocenters. The van der Waals surface area contributed by atoms with Crippen molar-refractivity contribution in [3.8, 4) is 11.3 Å². The summed E-state index contributed by atoms with van der Waals surface area (Å²) in [6, 6.07) is 9.33. The van der Waals surface area contributed by atoms with Gasteiger partial charge in [-0.3, -0.25) is 4.98 Å². The fourth-order valence-corrected chi connectivity index (χ4v) is 3.26. The fraction of sp³-hybridized carbons (Fsp3) is 0.263. The molecule has 0 spiro atoms. The zero-order valence-corrected chi connectivity index (χ0v) is 14.6. The van der Waals surface area contributed by atoms with Gasteiger partial charge in [-0.15, -0.1) is 5.10 Å². The Morgan fingerprint density at radius 1 is 1.07 bits per heavy atom. The summed E-state index contributed by atoms with van der Waals surface area (Å²) in [5.74, 6) is 0.167. The number of alkyl halides is 3. The summed E-state index contributed by atoms with van der Waals surface area (Å²) < 4.78 is 40.8. The maximum atomic E-state index is 13.1. The van der Waals surface area contributed by atoms with Crippen molar-refractivity contribution in [2.24, 2.45) is 5.41 Å². The molecule has 1 N–H and O–H groups in total. The third kappa shape index (κ3) is 2.74. The van der Waals surface area contributed by atoms with Gasteiger partial charge in [-0.2, -0.15) is 13.2 Å². The second-order valence-electron chi connectivity index (χ2n) is 7.01. The number of anilines is 1. The number of halogens is 3. The van der Waals surface area contributed by atoms with Crippen molar-refractivity contribution < 1.29 is 13.2 Å². The van der Waals surface area contributed by atoms with Gasteiger partial charge in [0.1, 0.15) is 0 Å². The third-order valence-corrected chi connectivity index (χ3v) is 5.19. The van der Waals surface area contributed by atoms with Crippen LogP contribution in [0.1, 0.15) is 12.8 Å². The molecular formula is C19H15F3N6. The maximum Gasteiger partial charge on any atom is 0.396 e. The monoisotopic (exact) mass is 384 g/mol. The van der Waals surface area contributed by atoms with Gasteiger partial charge in [-0.05, 0) is 43.2 Å². The number of nitrogens with zero attached hydrogens (tertiary/aromatic N) is 5. The van der Waals surface area contributed by atoms with Crippen molar-refractivity contribution >= 4 is 22.5 Å². The van der Waals surface area contributed by atoms with Gasteiger partial charge < -0.3 is 5.32 Å². The molecule has 0 aliphatic heterocycles. The van der Waals surface area contributed by atoms with Crippen molar-refractivity contribution in [2.75, 3.05) is 11.9 Å². The maximum absolute atomic E-state index is 13.1. The lowest BCUT2D eigenvalue weighted by atomic mass is 10.1. The minimum absolute atomic E-state index is 0.141. The van der Waals surface area contributed by atoms with E-state index in [1.165, 1.54) is 0 Å². The number of rotatable bonds is 4. The number of hydrogen-bond donors (Lipinski definition) is 1. The molecule has 0 aromatic carbocycles. The summed E-state index contributed by atoms with van der Waals surface area (Å²) in [6.07, 6.45) is 1.12. The normalized spacial score (nSPS) is 15.8. The summed E-state index contributed by atoms with van der Waals surface area (Å²) in [6.45, 7) is -0.213. The van der Waals surface area contributed by atoms with E-state index in [-0.39, 0.29) is 25.3 Å². The molecule has 1 fully saturated rings. The minimum atomic E-state index is -4.21. The summed E-state index contributed by atoms with van der Waals surface area (Å²) in [7, 11) is 0. The third-order valence-electron chi connectivity index (χ3n) is 5.19. The van der Waals surface area contributed by atoms with E-state index in [4.69, 9.17) is 0 Å². The van der Waals surface area contributed by atoms with E-state index in [1.807, 2.05) is 30.3 Å². The lowest BCUT2D eigenvalue weighted by Crippen LogP contribution is -2.32. The Hall–Kier alpha value is -3.23. The van der Waals surface area contributed by atoms with Gasteiger partial charge in [0.25, 0.3) is 0 Å². The first kappa shape index (κ1) is 16.9. The van der Waals surface area contributed by atoms with Gasteiger partial charge in [0.2, 0.25) is 5.95 Å². The molecule has 1 saturated carbocycles. The number of hydrogen-bond acceptors (Lipinski definition) is 5. The van der Waals surface area contributed by atoms with Crippen LogP contribution >= 0.6 is 0 Å². The number of pyridine rings is 2.